The molecule has 40 heavy (non-hydrogen) atoms. The molecule has 0 amide bonds. The maximum Gasteiger partial charge on any atom is 0.258 e. The van der Waals surface area contributed by atoms with Crippen molar-refractivity contribution < 1.29 is 4.74 Å². The second-order valence-corrected chi connectivity index (χ2v) is 10.3. The Bertz CT molecular complexity index is 1790. The van der Waals surface area contributed by atoms with Crippen LogP contribution in [0.1, 0.15) is 23.6 Å². The summed E-state index contributed by atoms with van der Waals surface area (Å²) in [7, 11) is 1.64. The maximum absolute atomic E-state index is 13.7. The Labute approximate surface area is 241 Å². The van der Waals surface area contributed by atoms with E-state index in [4.69, 9.17) is 33.7 Å². The summed E-state index contributed by atoms with van der Waals surface area (Å²) in [5.41, 5.74) is 5.27. The molecule has 1 atom stereocenters. The minimum absolute atomic E-state index is 0.209. The predicted molar refractivity (Wildman–Crippen MR) is 166 cm³/mol. The van der Waals surface area contributed by atoms with Crippen molar-refractivity contribution in [2.24, 2.45) is 5.10 Å². The molecule has 0 spiro atoms. The highest BCUT2D eigenvalue weighted by atomic mass is 35.5. The first-order chi connectivity index (χ1) is 19.5. The molecule has 5 aromatic rings. The highest BCUT2D eigenvalue weighted by Crippen LogP contribution is 2.38. The van der Waals surface area contributed by atoms with E-state index in [2.05, 4.69) is 10.3 Å². The quantitative estimate of drug-likeness (QED) is 0.218. The van der Waals surface area contributed by atoms with Gasteiger partial charge in [-0.25, -0.2) is 5.01 Å². The van der Waals surface area contributed by atoms with Crippen molar-refractivity contribution in [2.45, 2.75) is 12.5 Å². The van der Waals surface area contributed by atoms with Crippen LogP contribution in [0.5, 0.6) is 5.75 Å². The molecule has 1 aromatic heterocycles. The normalized spacial score (nSPS) is 14.7. The number of rotatable bonds is 5. The van der Waals surface area contributed by atoms with E-state index in [9.17, 15) is 4.79 Å². The van der Waals surface area contributed by atoms with Crippen LogP contribution in [0.3, 0.4) is 0 Å². The van der Waals surface area contributed by atoms with Gasteiger partial charge >= 0.3 is 0 Å². The Hall–Kier alpha value is -4.46. The fourth-order valence-corrected chi connectivity index (χ4v) is 5.48. The maximum atomic E-state index is 13.7. The van der Waals surface area contributed by atoms with E-state index in [1.54, 1.807) is 12.1 Å². The molecule has 6 rings (SSSR count). The molecular weight excluding hydrogens is 540 g/mol. The molecule has 4 aromatic carbocycles. The standard InChI is InChI=1S/C32H25ClN4O2S/c1-39-24-17-13-20(14-18-24)28-19-27(36-37(28)32(40)34-23-7-3-2-4-8-23)30-29(21-11-15-22(33)16-12-21)25-9-5-6-10-26(25)35-31(30)38/h2-18,28H,19H2,1H3,(H,34,40)(H,35,38). The average Bonchev–Trinajstić information content (AvgIpc) is 3.43. The van der Waals surface area contributed by atoms with Gasteiger partial charge < -0.3 is 15.0 Å². The number of hydrogen-bond acceptors (Lipinski definition) is 4. The zero-order valence-electron chi connectivity index (χ0n) is 21.6. The zero-order chi connectivity index (χ0) is 27.6. The molecule has 1 unspecified atom stereocenters. The Kier molecular flexibility index (Phi) is 7.07. The van der Waals surface area contributed by atoms with Crippen molar-refractivity contribution in [3.63, 3.8) is 0 Å². The van der Waals surface area contributed by atoms with E-state index < -0.39 is 0 Å². The van der Waals surface area contributed by atoms with Gasteiger partial charge in [-0.2, -0.15) is 5.10 Å². The lowest BCUT2D eigenvalue weighted by Crippen LogP contribution is -2.31. The summed E-state index contributed by atoms with van der Waals surface area (Å²) in [6.07, 6.45) is 0.477. The lowest BCUT2D eigenvalue weighted by Gasteiger charge is -2.25. The summed E-state index contributed by atoms with van der Waals surface area (Å²) in [6.45, 7) is 0. The van der Waals surface area contributed by atoms with Gasteiger partial charge in [-0.3, -0.25) is 4.79 Å². The third-order valence-electron chi connectivity index (χ3n) is 6.99. The number of aromatic amines is 1. The molecule has 1 aliphatic rings. The molecule has 0 aliphatic carbocycles. The number of H-pyrrole nitrogens is 1. The smallest absolute Gasteiger partial charge is 0.258 e. The van der Waals surface area contributed by atoms with Crippen molar-refractivity contribution in [1.82, 2.24) is 9.99 Å². The number of pyridine rings is 1. The number of hydrazone groups is 1. The Morgan fingerprint density at radius 3 is 2.38 bits per heavy atom. The molecule has 0 saturated heterocycles. The van der Waals surface area contributed by atoms with Gasteiger partial charge in [-0.1, -0.05) is 72.3 Å². The molecule has 198 valence electrons. The highest BCUT2D eigenvalue weighted by molar-refractivity contribution is 7.80. The third kappa shape index (κ3) is 4.97. The molecule has 2 N–H and O–H groups in total. The van der Waals surface area contributed by atoms with Gasteiger partial charge in [-0.15, -0.1) is 0 Å². The summed E-state index contributed by atoms with van der Waals surface area (Å²) < 4.78 is 5.37. The Balaban J connectivity index is 1.50. The van der Waals surface area contributed by atoms with E-state index in [1.165, 1.54) is 0 Å². The van der Waals surface area contributed by atoms with E-state index in [1.807, 2.05) is 103 Å². The summed E-state index contributed by atoms with van der Waals surface area (Å²) in [4.78, 5) is 16.8. The predicted octanol–water partition coefficient (Wildman–Crippen LogP) is 7.41. The van der Waals surface area contributed by atoms with Crippen LogP contribution >= 0.6 is 23.8 Å². The number of thiocarbonyl (C=S) groups is 1. The number of nitrogens with one attached hydrogen (secondary N) is 2. The number of benzene rings is 4. The van der Waals surface area contributed by atoms with E-state index >= 15 is 0 Å². The Morgan fingerprint density at radius 2 is 1.65 bits per heavy atom. The SMILES string of the molecule is COc1ccc(C2CC(c3c(-c4ccc(Cl)cc4)c4ccccc4[nH]c3=O)=NN2C(=S)Nc2ccccc2)cc1. The van der Waals surface area contributed by atoms with Crippen molar-refractivity contribution in [3.8, 4) is 16.9 Å². The fourth-order valence-electron chi connectivity index (χ4n) is 5.07. The van der Waals surface area contributed by atoms with Crippen molar-refractivity contribution in [3.05, 3.63) is 130 Å². The number of para-hydroxylation sites is 2. The Morgan fingerprint density at radius 1 is 0.950 bits per heavy atom. The number of aromatic nitrogens is 1. The second kappa shape index (κ2) is 11.0. The van der Waals surface area contributed by atoms with Gasteiger partial charge in [0, 0.05) is 33.6 Å². The number of anilines is 1. The second-order valence-electron chi connectivity index (χ2n) is 9.44. The molecule has 8 heteroatoms. The average molecular weight is 565 g/mol. The zero-order valence-corrected chi connectivity index (χ0v) is 23.2. The lowest BCUT2D eigenvalue weighted by atomic mass is 9.91. The van der Waals surface area contributed by atoms with Crippen LogP contribution in [-0.2, 0) is 0 Å². The van der Waals surface area contributed by atoms with Crippen LogP contribution in [0, 0.1) is 0 Å². The first-order valence-electron chi connectivity index (χ1n) is 12.8. The van der Waals surface area contributed by atoms with Crippen LogP contribution < -0.4 is 15.6 Å². The largest absolute Gasteiger partial charge is 0.497 e. The number of halogens is 1. The summed E-state index contributed by atoms with van der Waals surface area (Å²) in [6, 6.07) is 32.7. The minimum Gasteiger partial charge on any atom is -0.497 e. The number of hydrogen-bond donors (Lipinski definition) is 2. The van der Waals surface area contributed by atoms with Gasteiger partial charge in [0.15, 0.2) is 5.11 Å². The fraction of sp³-hybridized carbons (Fsp3) is 0.0938. The third-order valence-corrected chi connectivity index (χ3v) is 7.53. The van der Waals surface area contributed by atoms with Gasteiger partial charge in [0.25, 0.3) is 5.56 Å². The molecule has 1 aliphatic heterocycles. The molecule has 6 nitrogen and oxygen atoms in total. The van der Waals surface area contributed by atoms with Crippen LogP contribution in [0.2, 0.25) is 5.02 Å². The molecule has 0 bridgehead atoms. The number of fused-ring (bicyclic) bond motifs is 1. The number of methoxy groups -OCH3 is 1. The van der Waals surface area contributed by atoms with Crippen LogP contribution in [-0.4, -0.2) is 27.9 Å². The highest BCUT2D eigenvalue weighted by Gasteiger charge is 2.34. The minimum atomic E-state index is -0.228. The van der Waals surface area contributed by atoms with Crippen LogP contribution in [0.15, 0.2) is 113 Å². The van der Waals surface area contributed by atoms with Crippen molar-refractivity contribution in [2.75, 3.05) is 12.4 Å². The monoisotopic (exact) mass is 564 g/mol. The topological polar surface area (TPSA) is 69.7 Å². The summed E-state index contributed by atoms with van der Waals surface area (Å²) in [5.74, 6) is 0.760. The molecule has 0 fully saturated rings. The molecule has 0 radical (unpaired) electrons. The molecule has 2 heterocycles. The molecular formula is C32H25ClN4O2S. The summed E-state index contributed by atoms with van der Waals surface area (Å²) in [5, 5.41) is 12.1. The van der Waals surface area contributed by atoms with E-state index in [-0.39, 0.29) is 11.6 Å². The van der Waals surface area contributed by atoms with Gasteiger partial charge in [0.1, 0.15) is 5.75 Å². The van der Waals surface area contributed by atoms with Gasteiger partial charge in [-0.05, 0) is 65.8 Å². The van der Waals surface area contributed by atoms with Gasteiger partial charge in [0.05, 0.1) is 24.4 Å². The van der Waals surface area contributed by atoms with E-state index in [0.717, 1.165) is 39.0 Å². The van der Waals surface area contributed by atoms with Gasteiger partial charge in [0.2, 0.25) is 0 Å². The van der Waals surface area contributed by atoms with Crippen LogP contribution in [0.25, 0.3) is 22.0 Å². The summed E-state index contributed by atoms with van der Waals surface area (Å²) >= 11 is 12.1. The molecule has 0 saturated carbocycles. The van der Waals surface area contributed by atoms with Crippen molar-refractivity contribution >= 4 is 51.2 Å². The van der Waals surface area contributed by atoms with E-state index in [0.29, 0.717) is 27.8 Å². The van der Waals surface area contributed by atoms with Crippen molar-refractivity contribution in [1.29, 1.82) is 0 Å². The lowest BCUT2D eigenvalue weighted by molar-refractivity contribution is 0.374. The number of nitrogens with zero attached hydrogens (tertiary/aromatic N) is 2. The number of ether oxygens (including phenoxy) is 1. The first kappa shape index (κ1) is 25.8. The first-order valence-corrected chi connectivity index (χ1v) is 13.6. The van der Waals surface area contributed by atoms with Crippen LogP contribution in [0.4, 0.5) is 5.69 Å².